The van der Waals surface area contributed by atoms with E-state index in [2.05, 4.69) is 15.5 Å². The predicted octanol–water partition coefficient (Wildman–Crippen LogP) is 3.92. The third-order valence-electron chi connectivity index (χ3n) is 4.81. The van der Waals surface area contributed by atoms with E-state index in [0.29, 0.717) is 17.5 Å². The molecule has 6 heteroatoms. The first kappa shape index (κ1) is 19.8. The molecule has 1 heterocycles. The highest BCUT2D eigenvalue weighted by atomic mass is 35.5. The molecule has 0 unspecified atom stereocenters. The van der Waals surface area contributed by atoms with Crippen LogP contribution in [0.25, 0.3) is 0 Å². The fourth-order valence-corrected chi connectivity index (χ4v) is 3.54. The van der Waals surface area contributed by atoms with Crippen LogP contribution in [0.1, 0.15) is 18.4 Å². The van der Waals surface area contributed by atoms with Gasteiger partial charge in [0.25, 0.3) is 0 Å². The van der Waals surface area contributed by atoms with E-state index < -0.39 is 5.82 Å². The number of nitrogens with zero attached hydrogens (tertiary/aromatic N) is 1. The number of amides is 1. The largest absolute Gasteiger partial charge is 0.322 e. The van der Waals surface area contributed by atoms with E-state index in [1.807, 2.05) is 24.3 Å². The van der Waals surface area contributed by atoms with Crippen LogP contribution in [0.2, 0.25) is 5.02 Å². The Balaban J connectivity index is 1.65. The van der Waals surface area contributed by atoms with Gasteiger partial charge in [-0.05, 0) is 61.7 Å². The third kappa shape index (κ3) is 6.31. The molecule has 27 heavy (non-hydrogen) atoms. The summed E-state index contributed by atoms with van der Waals surface area (Å²) in [5.74, 6) is -0.0729. The fraction of sp³-hybridized carbons (Fsp3) is 0.381. The van der Waals surface area contributed by atoms with Gasteiger partial charge in [-0.1, -0.05) is 35.9 Å². The SMILES string of the molecule is O=C(CN(Cc1ccc(Cl)cc1)CC1CCNCC1)Nc1ccccc1F. The van der Waals surface area contributed by atoms with Crippen molar-refractivity contribution < 1.29 is 9.18 Å². The minimum Gasteiger partial charge on any atom is -0.322 e. The predicted molar refractivity (Wildman–Crippen MR) is 107 cm³/mol. The molecule has 0 aromatic heterocycles. The lowest BCUT2D eigenvalue weighted by Crippen LogP contribution is -2.39. The summed E-state index contributed by atoms with van der Waals surface area (Å²) in [6.07, 6.45) is 2.21. The minimum absolute atomic E-state index is 0.206. The average molecular weight is 390 g/mol. The summed E-state index contributed by atoms with van der Waals surface area (Å²) in [6, 6.07) is 13.9. The van der Waals surface area contributed by atoms with Gasteiger partial charge in [-0.2, -0.15) is 0 Å². The lowest BCUT2D eigenvalue weighted by molar-refractivity contribution is -0.117. The Labute approximate surface area is 164 Å². The normalized spacial score (nSPS) is 15.1. The van der Waals surface area contributed by atoms with Crippen LogP contribution in [0, 0.1) is 11.7 Å². The summed E-state index contributed by atoms with van der Waals surface area (Å²) in [4.78, 5) is 14.6. The maximum atomic E-state index is 13.8. The van der Waals surface area contributed by atoms with Gasteiger partial charge >= 0.3 is 0 Å². The number of hydrogen-bond acceptors (Lipinski definition) is 3. The van der Waals surface area contributed by atoms with Gasteiger partial charge in [0.15, 0.2) is 0 Å². The minimum atomic E-state index is -0.423. The van der Waals surface area contributed by atoms with Crippen molar-refractivity contribution in [3.8, 4) is 0 Å². The van der Waals surface area contributed by atoms with Gasteiger partial charge in [0.2, 0.25) is 5.91 Å². The van der Waals surface area contributed by atoms with E-state index >= 15 is 0 Å². The molecular formula is C21H25ClFN3O. The zero-order valence-corrected chi connectivity index (χ0v) is 16.0. The molecule has 0 saturated carbocycles. The van der Waals surface area contributed by atoms with Crippen LogP contribution in [0.15, 0.2) is 48.5 Å². The van der Waals surface area contributed by atoms with Crippen molar-refractivity contribution in [2.24, 2.45) is 5.92 Å². The molecule has 1 aliphatic rings. The molecule has 0 spiro atoms. The van der Waals surface area contributed by atoms with Gasteiger partial charge < -0.3 is 10.6 Å². The first-order valence-electron chi connectivity index (χ1n) is 9.32. The Morgan fingerprint density at radius 1 is 1.15 bits per heavy atom. The maximum Gasteiger partial charge on any atom is 0.238 e. The summed E-state index contributed by atoms with van der Waals surface area (Å²) >= 11 is 5.97. The molecule has 1 fully saturated rings. The Morgan fingerprint density at radius 3 is 2.56 bits per heavy atom. The number of rotatable bonds is 7. The van der Waals surface area contributed by atoms with E-state index in [4.69, 9.17) is 11.6 Å². The number of piperidine rings is 1. The molecule has 144 valence electrons. The van der Waals surface area contributed by atoms with Gasteiger partial charge in [-0.3, -0.25) is 9.69 Å². The van der Waals surface area contributed by atoms with E-state index in [9.17, 15) is 9.18 Å². The molecule has 0 atom stereocenters. The molecule has 2 aromatic carbocycles. The summed E-state index contributed by atoms with van der Waals surface area (Å²) in [5.41, 5.74) is 1.32. The molecule has 2 N–H and O–H groups in total. The molecule has 0 aliphatic carbocycles. The van der Waals surface area contributed by atoms with Crippen molar-refractivity contribution in [1.29, 1.82) is 0 Å². The third-order valence-corrected chi connectivity index (χ3v) is 5.06. The van der Waals surface area contributed by atoms with Crippen molar-refractivity contribution >= 4 is 23.2 Å². The molecule has 1 saturated heterocycles. The molecule has 0 bridgehead atoms. The monoisotopic (exact) mass is 389 g/mol. The number of anilines is 1. The molecule has 0 radical (unpaired) electrons. The molecular weight excluding hydrogens is 365 g/mol. The fourth-order valence-electron chi connectivity index (χ4n) is 3.42. The van der Waals surface area contributed by atoms with Gasteiger partial charge in [0.1, 0.15) is 5.82 Å². The zero-order chi connectivity index (χ0) is 19.1. The Hall–Kier alpha value is -1.95. The van der Waals surface area contributed by atoms with Crippen LogP contribution in [0.5, 0.6) is 0 Å². The summed E-state index contributed by atoms with van der Waals surface area (Å²) in [6.45, 7) is 3.75. The Kier molecular flexibility index (Phi) is 7.21. The van der Waals surface area contributed by atoms with Crippen molar-refractivity contribution in [1.82, 2.24) is 10.2 Å². The highest BCUT2D eigenvalue weighted by Crippen LogP contribution is 2.18. The standard InChI is InChI=1S/C21H25ClFN3O/c22-18-7-5-16(6-8-18)13-26(14-17-9-11-24-12-10-17)15-21(27)25-20-4-2-1-3-19(20)23/h1-8,17,24H,9-15H2,(H,25,27). The topological polar surface area (TPSA) is 44.4 Å². The maximum absolute atomic E-state index is 13.8. The number of carbonyl (C=O) groups excluding carboxylic acids is 1. The van der Waals surface area contributed by atoms with E-state index in [-0.39, 0.29) is 18.1 Å². The van der Waals surface area contributed by atoms with Gasteiger partial charge in [-0.15, -0.1) is 0 Å². The molecule has 4 nitrogen and oxygen atoms in total. The van der Waals surface area contributed by atoms with Gasteiger partial charge in [0.05, 0.1) is 12.2 Å². The van der Waals surface area contributed by atoms with Crippen LogP contribution >= 0.6 is 11.6 Å². The molecule has 1 amide bonds. The first-order valence-corrected chi connectivity index (χ1v) is 9.70. The second-order valence-corrected chi connectivity index (χ2v) is 7.45. The number of benzene rings is 2. The van der Waals surface area contributed by atoms with Crippen LogP contribution in [0.4, 0.5) is 10.1 Å². The number of hydrogen-bond donors (Lipinski definition) is 2. The first-order chi connectivity index (χ1) is 13.1. The number of para-hydroxylation sites is 1. The number of halogens is 2. The molecule has 1 aliphatic heterocycles. The number of carbonyl (C=O) groups is 1. The van der Waals surface area contributed by atoms with Gasteiger partial charge in [0, 0.05) is 18.1 Å². The smallest absolute Gasteiger partial charge is 0.238 e. The van der Waals surface area contributed by atoms with Crippen LogP contribution in [-0.4, -0.2) is 37.0 Å². The van der Waals surface area contributed by atoms with E-state index in [1.54, 1.807) is 18.2 Å². The Bertz CT molecular complexity index is 747. The van der Waals surface area contributed by atoms with Crippen molar-refractivity contribution in [3.05, 3.63) is 64.9 Å². The summed E-state index contributed by atoms with van der Waals surface area (Å²) < 4.78 is 13.8. The van der Waals surface area contributed by atoms with E-state index in [1.165, 1.54) is 6.07 Å². The number of nitrogens with one attached hydrogen (secondary N) is 2. The zero-order valence-electron chi connectivity index (χ0n) is 15.3. The quantitative estimate of drug-likeness (QED) is 0.754. The molecule has 2 aromatic rings. The lowest BCUT2D eigenvalue weighted by Gasteiger charge is -2.30. The Morgan fingerprint density at radius 2 is 1.85 bits per heavy atom. The highest BCUT2D eigenvalue weighted by Gasteiger charge is 2.20. The van der Waals surface area contributed by atoms with E-state index in [0.717, 1.165) is 38.0 Å². The summed E-state index contributed by atoms with van der Waals surface area (Å²) in [5, 5.41) is 6.75. The lowest BCUT2D eigenvalue weighted by atomic mass is 9.97. The van der Waals surface area contributed by atoms with Crippen LogP contribution in [0.3, 0.4) is 0 Å². The van der Waals surface area contributed by atoms with Crippen LogP contribution in [-0.2, 0) is 11.3 Å². The second-order valence-electron chi connectivity index (χ2n) is 7.02. The van der Waals surface area contributed by atoms with Crippen molar-refractivity contribution in [3.63, 3.8) is 0 Å². The second kappa shape index (κ2) is 9.83. The van der Waals surface area contributed by atoms with Gasteiger partial charge in [-0.25, -0.2) is 4.39 Å². The average Bonchev–Trinajstić information content (AvgIpc) is 2.66. The van der Waals surface area contributed by atoms with Crippen molar-refractivity contribution in [2.45, 2.75) is 19.4 Å². The molecule has 3 rings (SSSR count). The highest BCUT2D eigenvalue weighted by molar-refractivity contribution is 6.30. The van der Waals surface area contributed by atoms with Crippen molar-refractivity contribution in [2.75, 3.05) is 31.5 Å². The van der Waals surface area contributed by atoms with Crippen LogP contribution < -0.4 is 10.6 Å². The summed E-state index contributed by atoms with van der Waals surface area (Å²) in [7, 11) is 0.